The average molecular weight is 340 g/mol. The Morgan fingerprint density at radius 2 is 1.60 bits per heavy atom. The molecular weight excluding hydrogens is 324 g/mol. The third-order valence-electron chi connectivity index (χ3n) is 4.45. The SMILES string of the molecule is CC(=O)C1Oc2cc(O)ccc2C(=O)C1(C(C)=O)c1ccc(O)cc1. The van der Waals surface area contributed by atoms with Crippen LogP contribution in [0.15, 0.2) is 42.5 Å². The lowest BCUT2D eigenvalue weighted by atomic mass is 9.65. The van der Waals surface area contributed by atoms with E-state index in [4.69, 9.17) is 4.74 Å². The summed E-state index contributed by atoms with van der Waals surface area (Å²) in [6, 6.07) is 9.47. The minimum Gasteiger partial charge on any atom is -0.508 e. The van der Waals surface area contributed by atoms with E-state index in [1.165, 1.54) is 56.3 Å². The summed E-state index contributed by atoms with van der Waals surface area (Å²) in [6.45, 7) is 2.47. The van der Waals surface area contributed by atoms with E-state index in [0.29, 0.717) is 0 Å². The van der Waals surface area contributed by atoms with Gasteiger partial charge in [-0.1, -0.05) is 12.1 Å². The molecule has 6 nitrogen and oxygen atoms in total. The van der Waals surface area contributed by atoms with Crippen LogP contribution in [0.4, 0.5) is 0 Å². The molecule has 0 bridgehead atoms. The van der Waals surface area contributed by atoms with E-state index in [1.807, 2.05) is 0 Å². The van der Waals surface area contributed by atoms with Crippen LogP contribution >= 0.6 is 0 Å². The van der Waals surface area contributed by atoms with Gasteiger partial charge in [0.25, 0.3) is 0 Å². The first-order valence-corrected chi connectivity index (χ1v) is 7.64. The number of aromatic hydroxyl groups is 2. The predicted octanol–water partition coefficient (Wildman–Crippen LogP) is 2.16. The van der Waals surface area contributed by atoms with Gasteiger partial charge in [-0.05, 0) is 43.7 Å². The number of hydrogen-bond acceptors (Lipinski definition) is 6. The molecule has 0 fully saturated rings. The molecule has 0 saturated heterocycles. The maximum Gasteiger partial charge on any atom is 0.188 e. The Morgan fingerprint density at radius 3 is 2.16 bits per heavy atom. The second kappa shape index (κ2) is 5.73. The molecule has 0 aromatic heterocycles. The number of benzene rings is 2. The molecule has 0 aliphatic carbocycles. The summed E-state index contributed by atoms with van der Waals surface area (Å²) in [7, 11) is 0. The van der Waals surface area contributed by atoms with Gasteiger partial charge in [-0.2, -0.15) is 0 Å². The number of phenols is 2. The van der Waals surface area contributed by atoms with Crippen LogP contribution in [-0.2, 0) is 15.0 Å². The number of Topliss-reactive ketones (excluding diaryl/α,β-unsaturated/α-hetero) is 3. The van der Waals surface area contributed by atoms with Crippen molar-refractivity contribution in [2.24, 2.45) is 0 Å². The van der Waals surface area contributed by atoms with Crippen molar-refractivity contribution in [1.29, 1.82) is 0 Å². The van der Waals surface area contributed by atoms with Crippen LogP contribution in [0.25, 0.3) is 0 Å². The van der Waals surface area contributed by atoms with Crippen LogP contribution in [0.3, 0.4) is 0 Å². The fourth-order valence-corrected chi connectivity index (χ4v) is 3.29. The molecule has 2 unspecified atom stereocenters. The summed E-state index contributed by atoms with van der Waals surface area (Å²) in [4.78, 5) is 38.2. The average Bonchev–Trinajstić information content (AvgIpc) is 2.55. The van der Waals surface area contributed by atoms with Gasteiger partial charge < -0.3 is 14.9 Å². The zero-order chi connectivity index (χ0) is 18.4. The minimum absolute atomic E-state index is 0.0312. The normalized spacial score (nSPS) is 22.0. The monoisotopic (exact) mass is 340 g/mol. The molecule has 2 aromatic carbocycles. The third kappa shape index (κ3) is 2.38. The number of hydrogen-bond donors (Lipinski definition) is 2. The summed E-state index contributed by atoms with van der Waals surface area (Å²) in [5, 5.41) is 19.1. The van der Waals surface area contributed by atoms with Crippen molar-refractivity contribution in [2.75, 3.05) is 0 Å². The number of carbonyl (C=O) groups excluding carboxylic acids is 3. The van der Waals surface area contributed by atoms with Gasteiger partial charge in [0.15, 0.2) is 28.9 Å². The number of phenolic OH excluding ortho intramolecular Hbond substituents is 2. The van der Waals surface area contributed by atoms with Crippen molar-refractivity contribution in [3.63, 3.8) is 0 Å². The third-order valence-corrected chi connectivity index (χ3v) is 4.45. The number of rotatable bonds is 3. The summed E-state index contributed by atoms with van der Waals surface area (Å²) in [6.07, 6.45) is -1.36. The van der Waals surface area contributed by atoms with Crippen LogP contribution in [-0.4, -0.2) is 33.7 Å². The molecule has 1 heterocycles. The lowest BCUT2D eigenvalue weighted by molar-refractivity contribution is -0.134. The molecule has 1 aliphatic rings. The fraction of sp³-hybridized carbons (Fsp3) is 0.211. The van der Waals surface area contributed by atoms with Crippen LogP contribution in [0.1, 0.15) is 29.8 Å². The lowest BCUT2D eigenvalue weighted by Crippen LogP contribution is -2.59. The molecule has 0 saturated carbocycles. The maximum absolute atomic E-state index is 13.3. The van der Waals surface area contributed by atoms with Gasteiger partial charge in [0.05, 0.1) is 5.56 Å². The Bertz CT molecular complexity index is 883. The summed E-state index contributed by atoms with van der Waals surface area (Å²) < 4.78 is 5.69. The number of ketones is 3. The first-order valence-electron chi connectivity index (χ1n) is 7.64. The standard InChI is InChI=1S/C19H16O6/c1-10(20)18-19(11(2)21,12-3-5-13(22)6-4-12)17(24)15-8-7-14(23)9-16(15)25-18/h3-9,18,22-23H,1-2H3. The summed E-state index contributed by atoms with van der Waals surface area (Å²) in [5.74, 6) is -1.70. The van der Waals surface area contributed by atoms with Crippen LogP contribution in [0, 0.1) is 0 Å². The smallest absolute Gasteiger partial charge is 0.188 e. The Hall–Kier alpha value is -3.15. The van der Waals surface area contributed by atoms with Gasteiger partial charge in [0, 0.05) is 6.07 Å². The molecule has 0 radical (unpaired) electrons. The summed E-state index contributed by atoms with van der Waals surface area (Å²) >= 11 is 0. The van der Waals surface area contributed by atoms with Crippen molar-refractivity contribution in [2.45, 2.75) is 25.4 Å². The van der Waals surface area contributed by atoms with Gasteiger partial charge in [-0.3, -0.25) is 14.4 Å². The highest BCUT2D eigenvalue weighted by molar-refractivity contribution is 6.23. The van der Waals surface area contributed by atoms with Crippen LogP contribution < -0.4 is 4.74 Å². The van der Waals surface area contributed by atoms with E-state index in [0.717, 1.165) is 0 Å². The molecule has 1 aliphatic heterocycles. The first-order chi connectivity index (χ1) is 11.8. The second-order valence-electron chi connectivity index (χ2n) is 6.03. The molecule has 2 N–H and O–H groups in total. The Kier molecular flexibility index (Phi) is 3.83. The Labute approximate surface area is 143 Å². The van der Waals surface area contributed by atoms with E-state index in [1.54, 1.807) is 0 Å². The molecule has 128 valence electrons. The topological polar surface area (TPSA) is 101 Å². The van der Waals surface area contributed by atoms with Crippen LogP contribution in [0.2, 0.25) is 0 Å². The highest BCUT2D eigenvalue weighted by Crippen LogP contribution is 2.43. The second-order valence-corrected chi connectivity index (χ2v) is 6.03. The quantitative estimate of drug-likeness (QED) is 0.831. The van der Waals surface area contributed by atoms with Gasteiger partial charge in [0.1, 0.15) is 17.2 Å². The van der Waals surface area contributed by atoms with Crippen LogP contribution in [0.5, 0.6) is 17.2 Å². The van der Waals surface area contributed by atoms with Crippen molar-refractivity contribution < 1.29 is 29.3 Å². The van der Waals surface area contributed by atoms with E-state index < -0.39 is 28.9 Å². The Balaban J connectivity index is 2.32. The highest BCUT2D eigenvalue weighted by atomic mass is 16.5. The van der Waals surface area contributed by atoms with Gasteiger partial charge in [0.2, 0.25) is 0 Å². The predicted molar refractivity (Wildman–Crippen MR) is 88.0 cm³/mol. The van der Waals surface area contributed by atoms with E-state index in [2.05, 4.69) is 0 Å². The lowest BCUT2D eigenvalue weighted by Gasteiger charge is -2.40. The van der Waals surface area contributed by atoms with Crippen molar-refractivity contribution in [3.05, 3.63) is 53.6 Å². The largest absolute Gasteiger partial charge is 0.508 e. The zero-order valence-electron chi connectivity index (χ0n) is 13.6. The molecular formula is C19H16O6. The number of carbonyl (C=O) groups is 3. The first kappa shape index (κ1) is 16.7. The molecule has 2 atom stereocenters. The van der Waals surface area contributed by atoms with Crippen molar-refractivity contribution >= 4 is 17.3 Å². The minimum atomic E-state index is -1.84. The summed E-state index contributed by atoms with van der Waals surface area (Å²) in [5.41, 5.74) is -1.47. The van der Waals surface area contributed by atoms with Crippen molar-refractivity contribution in [1.82, 2.24) is 0 Å². The molecule has 3 rings (SSSR count). The molecule has 0 amide bonds. The number of fused-ring (bicyclic) bond motifs is 1. The zero-order valence-corrected chi connectivity index (χ0v) is 13.6. The maximum atomic E-state index is 13.3. The Morgan fingerprint density at radius 1 is 1.00 bits per heavy atom. The van der Waals surface area contributed by atoms with Gasteiger partial charge in [-0.25, -0.2) is 0 Å². The highest BCUT2D eigenvalue weighted by Gasteiger charge is 2.58. The molecule has 25 heavy (non-hydrogen) atoms. The van der Waals surface area contributed by atoms with E-state index in [9.17, 15) is 24.6 Å². The number of ether oxygens (including phenoxy) is 1. The molecule has 6 heteroatoms. The molecule has 2 aromatic rings. The van der Waals surface area contributed by atoms with Gasteiger partial charge in [-0.15, -0.1) is 0 Å². The van der Waals surface area contributed by atoms with E-state index >= 15 is 0 Å². The van der Waals surface area contributed by atoms with Gasteiger partial charge >= 0.3 is 0 Å². The van der Waals surface area contributed by atoms with E-state index in [-0.39, 0.29) is 28.4 Å². The fourth-order valence-electron chi connectivity index (χ4n) is 3.29. The van der Waals surface area contributed by atoms with Crippen molar-refractivity contribution in [3.8, 4) is 17.2 Å². The molecule has 0 spiro atoms.